The lowest BCUT2D eigenvalue weighted by atomic mass is 9.71. The first-order chi connectivity index (χ1) is 14.5. The highest BCUT2D eigenvalue weighted by molar-refractivity contribution is 6.00. The molecule has 0 aromatic heterocycles. The van der Waals surface area contributed by atoms with E-state index in [1.54, 1.807) is 0 Å². The Balaban J connectivity index is 1.71. The van der Waals surface area contributed by atoms with Crippen LogP contribution in [0.25, 0.3) is 0 Å². The smallest absolute Gasteiger partial charge is 0.316 e. The molecule has 0 radical (unpaired) electrons. The summed E-state index contributed by atoms with van der Waals surface area (Å²) in [4.78, 5) is 28.4. The summed E-state index contributed by atoms with van der Waals surface area (Å²) >= 11 is 0. The normalized spacial score (nSPS) is 24.9. The minimum atomic E-state index is -0.585. The van der Waals surface area contributed by atoms with Gasteiger partial charge < -0.3 is 15.0 Å². The fraction of sp³-hybridized carbons (Fsp3) is 0.520. The molecule has 2 unspecified atom stereocenters. The number of nitrogens with one attached hydrogen (secondary N) is 1. The summed E-state index contributed by atoms with van der Waals surface area (Å²) in [6, 6.07) is 8.15. The first-order valence-corrected chi connectivity index (χ1v) is 11.2. The molecule has 1 aromatic carbocycles. The number of benzene rings is 1. The Morgan fingerprint density at radius 1 is 1.07 bits per heavy atom. The van der Waals surface area contributed by atoms with Crippen molar-refractivity contribution in [1.29, 1.82) is 0 Å². The molecule has 5 nitrogen and oxygen atoms in total. The van der Waals surface area contributed by atoms with Gasteiger partial charge in [-0.3, -0.25) is 9.59 Å². The molecule has 1 heterocycles. The number of Topliss-reactive ketones (excluding diaryl/α,β-unsaturated/α-hetero) is 1. The number of hydrogen-bond acceptors (Lipinski definition) is 5. The molecule has 1 aliphatic heterocycles. The van der Waals surface area contributed by atoms with Gasteiger partial charge in [-0.05, 0) is 56.2 Å². The molecule has 0 spiro atoms. The summed E-state index contributed by atoms with van der Waals surface area (Å²) in [5, 5.41) is 3.30. The Labute approximate surface area is 179 Å². The molecule has 30 heavy (non-hydrogen) atoms. The maximum atomic E-state index is 13.4. The third kappa shape index (κ3) is 4.03. The third-order valence-corrected chi connectivity index (χ3v) is 6.64. The fourth-order valence-electron chi connectivity index (χ4n) is 5.03. The van der Waals surface area contributed by atoms with E-state index in [1.807, 2.05) is 43.3 Å². The van der Waals surface area contributed by atoms with Crippen LogP contribution in [-0.2, 0) is 14.3 Å². The van der Waals surface area contributed by atoms with E-state index in [0.717, 1.165) is 61.0 Å². The van der Waals surface area contributed by atoms with Crippen LogP contribution in [0.1, 0.15) is 62.8 Å². The molecule has 0 bridgehead atoms. The van der Waals surface area contributed by atoms with Crippen molar-refractivity contribution in [3.8, 4) is 0 Å². The first-order valence-electron chi connectivity index (χ1n) is 11.2. The van der Waals surface area contributed by atoms with Gasteiger partial charge in [0, 0.05) is 49.1 Å². The second-order valence-electron chi connectivity index (χ2n) is 8.96. The van der Waals surface area contributed by atoms with E-state index in [2.05, 4.69) is 11.9 Å². The van der Waals surface area contributed by atoms with Gasteiger partial charge in [-0.25, -0.2) is 0 Å². The number of esters is 1. The van der Waals surface area contributed by atoms with E-state index in [1.165, 1.54) is 6.42 Å². The lowest BCUT2D eigenvalue weighted by Gasteiger charge is -2.39. The fourth-order valence-corrected chi connectivity index (χ4v) is 5.03. The van der Waals surface area contributed by atoms with Gasteiger partial charge in [0.25, 0.3) is 0 Å². The Kier molecular flexibility index (Phi) is 5.98. The summed E-state index contributed by atoms with van der Waals surface area (Å²) < 4.78 is 5.95. The molecule has 4 rings (SSSR count). The Bertz CT molecular complexity index is 863. The third-order valence-electron chi connectivity index (χ3n) is 6.64. The minimum Gasteiger partial charge on any atom is -0.462 e. The molecular formula is C25H32N2O3. The van der Waals surface area contributed by atoms with Crippen molar-refractivity contribution in [1.82, 2.24) is 5.32 Å². The van der Waals surface area contributed by atoms with E-state index < -0.39 is 5.92 Å². The SMILES string of the molecule is C=C1NC2=C(C(=O)CCC2)C(c2ccc(N(C)C)cc2)C1C(=O)OC1CCCCC1. The number of hydrogen-bond donors (Lipinski definition) is 1. The summed E-state index contributed by atoms with van der Waals surface area (Å²) in [6.45, 7) is 4.18. The van der Waals surface area contributed by atoms with Gasteiger partial charge in [-0.2, -0.15) is 0 Å². The summed E-state index contributed by atoms with van der Waals surface area (Å²) in [5.74, 6) is -1.05. The second-order valence-corrected chi connectivity index (χ2v) is 8.96. The molecule has 3 aliphatic rings. The number of carbonyl (C=O) groups is 2. The zero-order chi connectivity index (χ0) is 21.3. The first kappa shape index (κ1) is 20.7. The average molecular weight is 409 g/mol. The maximum absolute atomic E-state index is 13.4. The van der Waals surface area contributed by atoms with E-state index in [9.17, 15) is 9.59 Å². The standard InChI is InChI=1S/C25H32N2O3/c1-16-22(25(29)30-19-8-5-4-6-9-19)23(17-12-14-18(15-13-17)27(2)3)24-20(26-16)10-7-11-21(24)28/h12-15,19,22-23,26H,1,4-11H2,2-3H3. The van der Waals surface area contributed by atoms with Crippen LogP contribution in [0.2, 0.25) is 0 Å². The zero-order valence-corrected chi connectivity index (χ0v) is 18.1. The van der Waals surface area contributed by atoms with Crippen molar-refractivity contribution in [2.24, 2.45) is 5.92 Å². The van der Waals surface area contributed by atoms with Gasteiger partial charge in [0.15, 0.2) is 5.78 Å². The Morgan fingerprint density at radius 3 is 2.43 bits per heavy atom. The topological polar surface area (TPSA) is 58.6 Å². The number of carbonyl (C=O) groups excluding carboxylic acids is 2. The molecule has 2 atom stereocenters. The molecule has 0 amide bonds. The number of anilines is 1. The highest BCUT2D eigenvalue weighted by atomic mass is 16.5. The van der Waals surface area contributed by atoms with Gasteiger partial charge in [0.05, 0.1) is 0 Å². The lowest BCUT2D eigenvalue weighted by molar-refractivity contribution is -0.155. The molecule has 5 heteroatoms. The van der Waals surface area contributed by atoms with Crippen molar-refractivity contribution in [2.75, 3.05) is 19.0 Å². The van der Waals surface area contributed by atoms with Crippen LogP contribution < -0.4 is 10.2 Å². The Hall–Kier alpha value is -2.56. The molecule has 0 saturated heterocycles. The van der Waals surface area contributed by atoms with Gasteiger partial charge in [0.2, 0.25) is 0 Å². The van der Waals surface area contributed by atoms with Crippen LogP contribution in [0.5, 0.6) is 0 Å². The lowest BCUT2D eigenvalue weighted by Crippen LogP contribution is -2.42. The predicted octanol–water partition coefficient (Wildman–Crippen LogP) is 4.45. The second kappa shape index (κ2) is 8.66. The number of ketones is 1. The summed E-state index contributed by atoms with van der Waals surface area (Å²) in [6.07, 6.45) is 7.42. The van der Waals surface area contributed by atoms with Crippen LogP contribution in [0.15, 0.2) is 47.8 Å². The van der Waals surface area contributed by atoms with Crippen molar-refractivity contribution in [3.63, 3.8) is 0 Å². The van der Waals surface area contributed by atoms with Crippen molar-refractivity contribution < 1.29 is 14.3 Å². The zero-order valence-electron chi connectivity index (χ0n) is 18.1. The Morgan fingerprint density at radius 2 is 1.77 bits per heavy atom. The van der Waals surface area contributed by atoms with Crippen LogP contribution in [0.3, 0.4) is 0 Å². The molecule has 1 fully saturated rings. The van der Waals surface area contributed by atoms with Crippen molar-refractivity contribution >= 4 is 17.4 Å². The van der Waals surface area contributed by atoms with E-state index >= 15 is 0 Å². The van der Waals surface area contributed by atoms with Gasteiger partial charge in [0.1, 0.15) is 12.0 Å². The molecule has 2 aliphatic carbocycles. The van der Waals surface area contributed by atoms with E-state index in [0.29, 0.717) is 12.1 Å². The van der Waals surface area contributed by atoms with E-state index in [-0.39, 0.29) is 23.8 Å². The highest BCUT2D eigenvalue weighted by Crippen LogP contribution is 2.45. The van der Waals surface area contributed by atoms with Crippen LogP contribution in [0.4, 0.5) is 5.69 Å². The van der Waals surface area contributed by atoms with Gasteiger partial charge in [-0.1, -0.05) is 25.1 Å². The van der Waals surface area contributed by atoms with Crippen LogP contribution in [0, 0.1) is 5.92 Å². The molecule has 1 N–H and O–H groups in total. The van der Waals surface area contributed by atoms with Gasteiger partial charge >= 0.3 is 5.97 Å². The summed E-state index contributed by atoms with van der Waals surface area (Å²) in [5.41, 5.74) is 4.37. The predicted molar refractivity (Wildman–Crippen MR) is 118 cm³/mol. The highest BCUT2D eigenvalue weighted by Gasteiger charge is 2.44. The van der Waals surface area contributed by atoms with Crippen molar-refractivity contribution in [3.05, 3.63) is 53.4 Å². The molecular weight excluding hydrogens is 376 g/mol. The number of ether oxygens (including phenoxy) is 1. The van der Waals surface area contributed by atoms with Crippen LogP contribution >= 0.6 is 0 Å². The molecule has 160 valence electrons. The monoisotopic (exact) mass is 408 g/mol. The average Bonchev–Trinajstić information content (AvgIpc) is 2.73. The molecule has 1 aromatic rings. The maximum Gasteiger partial charge on any atom is 0.316 e. The minimum absolute atomic E-state index is 0.0201. The van der Waals surface area contributed by atoms with E-state index in [4.69, 9.17) is 4.74 Å². The van der Waals surface area contributed by atoms with Gasteiger partial charge in [-0.15, -0.1) is 0 Å². The van der Waals surface area contributed by atoms with Crippen molar-refractivity contribution in [2.45, 2.75) is 63.4 Å². The number of allylic oxidation sites excluding steroid dienone is 2. The van der Waals surface area contributed by atoms with Crippen LogP contribution in [-0.4, -0.2) is 32.0 Å². The largest absolute Gasteiger partial charge is 0.462 e. The number of rotatable bonds is 4. The number of nitrogens with zero attached hydrogens (tertiary/aromatic N) is 1. The quantitative estimate of drug-likeness (QED) is 0.746. The molecule has 1 saturated carbocycles. The summed E-state index contributed by atoms with van der Waals surface area (Å²) in [7, 11) is 3.99.